The Morgan fingerprint density at radius 2 is 1.30 bits per heavy atom. The van der Waals surface area contributed by atoms with Crippen molar-refractivity contribution in [2.24, 2.45) is 0 Å². The van der Waals surface area contributed by atoms with Crippen LogP contribution in [-0.2, 0) is 0 Å². The van der Waals surface area contributed by atoms with Crippen LogP contribution in [0.25, 0.3) is 0 Å². The minimum absolute atomic E-state index is 0.238. The molecule has 3 amide bonds. The number of hydrogen-bond acceptors (Lipinski definition) is 2. The Morgan fingerprint density at radius 1 is 0.741 bits per heavy atom. The quantitative estimate of drug-likeness (QED) is 0.608. The van der Waals surface area contributed by atoms with Crippen molar-refractivity contribution in [3.05, 3.63) is 89.7 Å². The van der Waals surface area contributed by atoms with Crippen LogP contribution in [0.1, 0.15) is 15.9 Å². The summed E-state index contributed by atoms with van der Waals surface area (Å²) in [5.74, 6) is -0.831. The number of rotatable bonds is 4. The molecule has 0 saturated heterocycles. The minimum atomic E-state index is -0.424. The number of benzene rings is 3. The van der Waals surface area contributed by atoms with Crippen LogP contribution in [0.3, 0.4) is 0 Å². The van der Waals surface area contributed by atoms with E-state index < -0.39 is 11.7 Å². The first kappa shape index (κ1) is 18.1. The first-order chi connectivity index (χ1) is 13.0. The van der Waals surface area contributed by atoms with Crippen molar-refractivity contribution in [1.29, 1.82) is 0 Å². The molecule has 0 aromatic heterocycles. The van der Waals surface area contributed by atoms with Crippen molar-refractivity contribution >= 4 is 29.0 Å². The second-order valence-corrected chi connectivity index (χ2v) is 5.94. The molecule has 0 aliphatic heterocycles. The molecular weight excluding hydrogens is 345 g/mol. The summed E-state index contributed by atoms with van der Waals surface area (Å²) in [5.41, 5.74) is 2.51. The van der Waals surface area contributed by atoms with Crippen LogP contribution < -0.4 is 16.0 Å². The molecule has 0 aliphatic carbocycles. The predicted octanol–water partition coefficient (Wildman–Crippen LogP) is 5.03. The lowest BCUT2D eigenvalue weighted by Crippen LogP contribution is -2.19. The molecule has 0 atom stereocenters. The van der Waals surface area contributed by atoms with Crippen LogP contribution >= 0.6 is 0 Å². The number of nitrogens with one attached hydrogen (secondary N) is 3. The van der Waals surface area contributed by atoms with Crippen LogP contribution in [0.15, 0.2) is 72.8 Å². The third-order valence-electron chi connectivity index (χ3n) is 3.87. The molecule has 3 rings (SSSR count). The summed E-state index contributed by atoms with van der Waals surface area (Å²) in [5, 5.41) is 8.11. The van der Waals surface area contributed by atoms with Gasteiger partial charge in [-0.1, -0.05) is 24.3 Å². The van der Waals surface area contributed by atoms with Crippen molar-refractivity contribution in [3.8, 4) is 0 Å². The minimum Gasteiger partial charge on any atom is -0.322 e. The Bertz CT molecular complexity index is 957. The highest BCUT2D eigenvalue weighted by atomic mass is 19.1. The summed E-state index contributed by atoms with van der Waals surface area (Å²) < 4.78 is 13.6. The number of para-hydroxylation sites is 1. The van der Waals surface area contributed by atoms with Crippen molar-refractivity contribution in [3.63, 3.8) is 0 Å². The number of aryl methyl sites for hydroxylation is 1. The number of urea groups is 1. The molecule has 6 heteroatoms. The molecule has 0 heterocycles. The van der Waals surface area contributed by atoms with Crippen molar-refractivity contribution in [2.75, 3.05) is 16.0 Å². The monoisotopic (exact) mass is 363 g/mol. The number of anilines is 3. The van der Waals surface area contributed by atoms with E-state index in [2.05, 4.69) is 16.0 Å². The number of carbonyl (C=O) groups excluding carboxylic acids is 2. The van der Waals surface area contributed by atoms with E-state index in [0.717, 1.165) is 0 Å². The zero-order chi connectivity index (χ0) is 19.2. The van der Waals surface area contributed by atoms with E-state index in [0.29, 0.717) is 22.6 Å². The molecule has 0 bridgehead atoms. The van der Waals surface area contributed by atoms with Gasteiger partial charge in [-0.3, -0.25) is 4.79 Å². The molecule has 0 fully saturated rings. The van der Waals surface area contributed by atoms with Gasteiger partial charge in [0.25, 0.3) is 5.91 Å². The van der Waals surface area contributed by atoms with Gasteiger partial charge in [-0.15, -0.1) is 0 Å². The van der Waals surface area contributed by atoms with E-state index in [-0.39, 0.29) is 11.6 Å². The number of amides is 3. The Morgan fingerprint density at radius 3 is 1.89 bits per heavy atom. The van der Waals surface area contributed by atoms with E-state index in [1.54, 1.807) is 55.5 Å². The molecule has 3 N–H and O–H groups in total. The first-order valence-corrected chi connectivity index (χ1v) is 8.32. The normalized spacial score (nSPS) is 10.1. The molecule has 3 aromatic rings. The fraction of sp³-hybridized carbons (Fsp3) is 0.0476. The summed E-state index contributed by atoms with van der Waals surface area (Å²) in [6.45, 7) is 1.64. The molecule has 136 valence electrons. The maximum atomic E-state index is 13.6. The standard InChI is InChI=1S/C21H18FN3O2/c1-14-7-8-15(13-19(14)22)20(26)23-17-9-11-18(12-10-17)25-21(27)24-16-5-3-2-4-6-16/h2-13H,1H3,(H,23,26)(H2,24,25,27). The second kappa shape index (κ2) is 8.14. The van der Waals surface area contributed by atoms with Crippen LogP contribution in [0, 0.1) is 12.7 Å². The van der Waals surface area contributed by atoms with Crippen molar-refractivity contribution in [1.82, 2.24) is 0 Å². The summed E-state index contributed by atoms with van der Waals surface area (Å²) >= 11 is 0. The highest BCUT2D eigenvalue weighted by molar-refractivity contribution is 6.04. The van der Waals surface area contributed by atoms with Gasteiger partial charge in [-0.25, -0.2) is 9.18 Å². The highest BCUT2D eigenvalue weighted by Gasteiger charge is 2.09. The lowest BCUT2D eigenvalue weighted by Gasteiger charge is -2.09. The molecule has 5 nitrogen and oxygen atoms in total. The summed E-state index contributed by atoms with van der Waals surface area (Å²) in [6.07, 6.45) is 0. The Kier molecular flexibility index (Phi) is 5.47. The second-order valence-electron chi connectivity index (χ2n) is 5.94. The van der Waals surface area contributed by atoms with Crippen LogP contribution in [-0.4, -0.2) is 11.9 Å². The van der Waals surface area contributed by atoms with E-state index in [1.165, 1.54) is 6.07 Å². The van der Waals surface area contributed by atoms with Crippen LogP contribution in [0.2, 0.25) is 0 Å². The fourth-order valence-corrected chi connectivity index (χ4v) is 2.39. The fourth-order valence-electron chi connectivity index (χ4n) is 2.39. The lowest BCUT2D eigenvalue weighted by atomic mass is 10.1. The third kappa shape index (κ3) is 4.92. The molecule has 0 saturated carbocycles. The van der Waals surface area contributed by atoms with Crippen molar-refractivity contribution in [2.45, 2.75) is 6.92 Å². The van der Waals surface area contributed by atoms with Gasteiger partial charge in [-0.05, 0) is 61.0 Å². The van der Waals surface area contributed by atoms with Gasteiger partial charge in [0.15, 0.2) is 0 Å². The van der Waals surface area contributed by atoms with Crippen molar-refractivity contribution < 1.29 is 14.0 Å². The maximum Gasteiger partial charge on any atom is 0.323 e. The van der Waals surface area contributed by atoms with E-state index in [1.807, 2.05) is 18.2 Å². The molecule has 0 spiro atoms. The van der Waals surface area contributed by atoms with E-state index >= 15 is 0 Å². The average molecular weight is 363 g/mol. The van der Waals surface area contributed by atoms with Gasteiger partial charge in [0.05, 0.1) is 0 Å². The largest absolute Gasteiger partial charge is 0.323 e. The molecule has 27 heavy (non-hydrogen) atoms. The molecule has 0 radical (unpaired) electrons. The first-order valence-electron chi connectivity index (χ1n) is 8.32. The zero-order valence-corrected chi connectivity index (χ0v) is 14.6. The number of hydrogen-bond donors (Lipinski definition) is 3. The van der Waals surface area contributed by atoms with Gasteiger partial charge < -0.3 is 16.0 Å². The predicted molar refractivity (Wildman–Crippen MR) is 105 cm³/mol. The van der Waals surface area contributed by atoms with Gasteiger partial charge in [0.2, 0.25) is 0 Å². The molecule has 0 aliphatic rings. The van der Waals surface area contributed by atoms with Gasteiger partial charge in [0, 0.05) is 22.6 Å². The molecule has 0 unspecified atom stereocenters. The SMILES string of the molecule is Cc1ccc(C(=O)Nc2ccc(NC(=O)Nc3ccccc3)cc2)cc1F. The number of halogens is 1. The van der Waals surface area contributed by atoms with Gasteiger partial charge in [0.1, 0.15) is 5.82 Å². The zero-order valence-electron chi connectivity index (χ0n) is 14.6. The topological polar surface area (TPSA) is 70.2 Å². The summed E-state index contributed by atoms with van der Waals surface area (Å²) in [6, 6.07) is 19.7. The lowest BCUT2D eigenvalue weighted by molar-refractivity contribution is 0.102. The van der Waals surface area contributed by atoms with Crippen LogP contribution in [0.5, 0.6) is 0 Å². The highest BCUT2D eigenvalue weighted by Crippen LogP contribution is 2.16. The van der Waals surface area contributed by atoms with Crippen LogP contribution in [0.4, 0.5) is 26.2 Å². The smallest absolute Gasteiger partial charge is 0.322 e. The van der Waals surface area contributed by atoms with Gasteiger partial charge in [-0.2, -0.15) is 0 Å². The average Bonchev–Trinajstić information content (AvgIpc) is 2.66. The van der Waals surface area contributed by atoms with E-state index in [4.69, 9.17) is 0 Å². The maximum absolute atomic E-state index is 13.6. The Labute approximate surface area is 156 Å². The molecule has 3 aromatic carbocycles. The number of carbonyl (C=O) groups is 2. The Hall–Kier alpha value is -3.67. The third-order valence-corrected chi connectivity index (χ3v) is 3.87. The Balaban J connectivity index is 1.59. The summed E-state index contributed by atoms with van der Waals surface area (Å²) in [4.78, 5) is 24.1. The van der Waals surface area contributed by atoms with E-state index in [9.17, 15) is 14.0 Å². The van der Waals surface area contributed by atoms with Gasteiger partial charge >= 0.3 is 6.03 Å². The molecular formula is C21H18FN3O2. The summed E-state index contributed by atoms with van der Waals surface area (Å²) in [7, 11) is 0.